The van der Waals surface area contributed by atoms with Crippen LogP contribution in [-0.2, 0) is 0 Å². The Labute approximate surface area is 184 Å². The van der Waals surface area contributed by atoms with Crippen LogP contribution < -0.4 is 10.6 Å². The van der Waals surface area contributed by atoms with Gasteiger partial charge in [0.15, 0.2) is 0 Å². The number of piperidine rings is 1. The van der Waals surface area contributed by atoms with Crippen LogP contribution >= 0.6 is 11.3 Å². The summed E-state index contributed by atoms with van der Waals surface area (Å²) < 4.78 is 0. The van der Waals surface area contributed by atoms with Gasteiger partial charge in [-0.15, -0.1) is 11.3 Å². The lowest BCUT2D eigenvalue weighted by molar-refractivity contribution is 0.0724. The Balaban J connectivity index is 1.39. The van der Waals surface area contributed by atoms with E-state index in [4.69, 9.17) is 0 Å². The number of carbonyl (C=O) groups is 3. The normalized spacial score (nSPS) is 13.5. The molecule has 1 aromatic heterocycles. The molecule has 1 fully saturated rings. The summed E-state index contributed by atoms with van der Waals surface area (Å²) >= 11 is 1.37. The molecule has 0 bridgehead atoms. The van der Waals surface area contributed by atoms with Crippen molar-refractivity contribution in [3.05, 3.63) is 82.0 Å². The van der Waals surface area contributed by atoms with Crippen LogP contribution in [0, 0.1) is 0 Å². The molecule has 1 aliphatic heterocycles. The van der Waals surface area contributed by atoms with Gasteiger partial charge in [-0.05, 0) is 73.2 Å². The van der Waals surface area contributed by atoms with Crippen LogP contribution in [-0.4, -0.2) is 35.7 Å². The van der Waals surface area contributed by atoms with E-state index in [-0.39, 0.29) is 17.7 Å². The van der Waals surface area contributed by atoms with Crippen LogP contribution in [0.1, 0.15) is 49.7 Å². The highest BCUT2D eigenvalue weighted by Gasteiger charge is 2.18. The number of hydrogen-bond acceptors (Lipinski definition) is 4. The molecule has 4 rings (SSSR count). The van der Waals surface area contributed by atoms with Gasteiger partial charge in [-0.3, -0.25) is 14.4 Å². The zero-order valence-electron chi connectivity index (χ0n) is 17.0. The third kappa shape index (κ3) is 5.19. The monoisotopic (exact) mass is 433 g/mol. The van der Waals surface area contributed by atoms with Crippen molar-refractivity contribution in [2.45, 2.75) is 19.3 Å². The molecular formula is C24H23N3O3S. The van der Waals surface area contributed by atoms with Crippen molar-refractivity contribution in [3.8, 4) is 0 Å². The van der Waals surface area contributed by atoms with E-state index in [1.807, 2.05) is 16.3 Å². The molecule has 158 valence electrons. The predicted molar refractivity (Wildman–Crippen MR) is 123 cm³/mol. The smallest absolute Gasteiger partial charge is 0.265 e. The van der Waals surface area contributed by atoms with E-state index in [2.05, 4.69) is 10.6 Å². The van der Waals surface area contributed by atoms with Crippen LogP contribution in [0.2, 0.25) is 0 Å². The summed E-state index contributed by atoms with van der Waals surface area (Å²) in [5.41, 5.74) is 2.22. The maximum Gasteiger partial charge on any atom is 0.265 e. The van der Waals surface area contributed by atoms with Gasteiger partial charge < -0.3 is 15.5 Å². The van der Waals surface area contributed by atoms with E-state index in [1.165, 1.54) is 11.3 Å². The topological polar surface area (TPSA) is 78.5 Å². The number of thiophene rings is 1. The van der Waals surface area contributed by atoms with E-state index in [0.29, 0.717) is 27.4 Å². The van der Waals surface area contributed by atoms with Gasteiger partial charge in [-0.2, -0.15) is 0 Å². The standard InChI is InChI=1S/C24H23N3O3S/c28-22(17-9-11-19(12-10-17)25-23(29)21-8-5-15-31-21)26-20-7-4-6-18(16-20)24(30)27-13-2-1-3-14-27/h4-12,15-16H,1-3,13-14H2,(H,25,29)(H,26,28). The molecule has 0 saturated carbocycles. The SMILES string of the molecule is O=C(Nc1cccc(C(=O)N2CCCCC2)c1)c1ccc(NC(=O)c2cccs2)cc1. The number of carbonyl (C=O) groups excluding carboxylic acids is 3. The fourth-order valence-electron chi connectivity index (χ4n) is 3.52. The van der Waals surface area contributed by atoms with E-state index in [0.717, 1.165) is 32.4 Å². The van der Waals surface area contributed by atoms with Crippen LogP contribution in [0.4, 0.5) is 11.4 Å². The molecule has 1 saturated heterocycles. The molecule has 2 N–H and O–H groups in total. The maximum atomic E-state index is 12.7. The molecule has 0 aliphatic carbocycles. The zero-order chi connectivity index (χ0) is 21.6. The number of likely N-dealkylation sites (tertiary alicyclic amines) is 1. The molecule has 0 atom stereocenters. The van der Waals surface area contributed by atoms with Crippen molar-refractivity contribution in [2.24, 2.45) is 0 Å². The molecule has 0 unspecified atom stereocenters. The van der Waals surface area contributed by atoms with Crippen molar-refractivity contribution < 1.29 is 14.4 Å². The minimum absolute atomic E-state index is 0.00151. The van der Waals surface area contributed by atoms with Crippen LogP contribution in [0.3, 0.4) is 0 Å². The first-order valence-electron chi connectivity index (χ1n) is 10.3. The highest BCUT2D eigenvalue weighted by atomic mass is 32.1. The summed E-state index contributed by atoms with van der Waals surface area (Å²) in [5.74, 6) is -0.456. The molecule has 0 spiro atoms. The zero-order valence-corrected chi connectivity index (χ0v) is 17.8. The summed E-state index contributed by atoms with van der Waals surface area (Å²) in [7, 11) is 0. The van der Waals surface area contributed by atoms with Gasteiger partial charge in [0.05, 0.1) is 4.88 Å². The molecule has 6 nitrogen and oxygen atoms in total. The molecule has 2 aromatic carbocycles. The van der Waals surface area contributed by atoms with Gasteiger partial charge in [0.1, 0.15) is 0 Å². The van der Waals surface area contributed by atoms with Gasteiger partial charge >= 0.3 is 0 Å². The first kappa shape index (κ1) is 20.8. The van der Waals surface area contributed by atoms with Crippen LogP contribution in [0.5, 0.6) is 0 Å². The van der Waals surface area contributed by atoms with Gasteiger partial charge in [0, 0.05) is 35.6 Å². The van der Waals surface area contributed by atoms with Crippen molar-refractivity contribution in [1.29, 1.82) is 0 Å². The summed E-state index contributed by atoms with van der Waals surface area (Å²) in [6.45, 7) is 1.57. The third-order valence-electron chi connectivity index (χ3n) is 5.16. The highest BCUT2D eigenvalue weighted by molar-refractivity contribution is 7.12. The van der Waals surface area contributed by atoms with Crippen LogP contribution in [0.25, 0.3) is 0 Å². The first-order chi connectivity index (χ1) is 15.1. The van der Waals surface area contributed by atoms with Crippen molar-refractivity contribution >= 4 is 40.4 Å². The molecule has 3 amide bonds. The first-order valence-corrected chi connectivity index (χ1v) is 11.1. The summed E-state index contributed by atoms with van der Waals surface area (Å²) in [6, 6.07) is 17.3. The summed E-state index contributed by atoms with van der Waals surface area (Å²) in [4.78, 5) is 39.9. The predicted octanol–water partition coefficient (Wildman–Crippen LogP) is 4.88. The van der Waals surface area contributed by atoms with Gasteiger partial charge in [-0.25, -0.2) is 0 Å². The molecule has 2 heterocycles. The molecular weight excluding hydrogens is 410 g/mol. The number of nitrogens with zero attached hydrogens (tertiary/aromatic N) is 1. The second kappa shape index (κ2) is 9.57. The summed E-state index contributed by atoms with van der Waals surface area (Å²) in [6.07, 6.45) is 3.23. The van der Waals surface area contributed by atoms with Gasteiger partial charge in [0.2, 0.25) is 0 Å². The third-order valence-corrected chi connectivity index (χ3v) is 6.03. The highest BCUT2D eigenvalue weighted by Crippen LogP contribution is 2.18. The molecule has 7 heteroatoms. The lowest BCUT2D eigenvalue weighted by atomic mass is 10.1. The Morgan fingerprint density at radius 1 is 0.742 bits per heavy atom. The van der Waals surface area contributed by atoms with Gasteiger partial charge in [-0.1, -0.05) is 12.1 Å². The lowest BCUT2D eigenvalue weighted by Gasteiger charge is -2.26. The lowest BCUT2D eigenvalue weighted by Crippen LogP contribution is -2.35. The molecule has 31 heavy (non-hydrogen) atoms. The fraction of sp³-hybridized carbons (Fsp3) is 0.208. The minimum atomic E-state index is -0.279. The summed E-state index contributed by atoms with van der Waals surface area (Å²) in [5, 5.41) is 7.50. The maximum absolute atomic E-state index is 12.7. The Hall–Kier alpha value is -3.45. The Morgan fingerprint density at radius 2 is 1.48 bits per heavy atom. The number of amides is 3. The molecule has 3 aromatic rings. The fourth-order valence-corrected chi connectivity index (χ4v) is 4.14. The van der Waals surface area contributed by atoms with E-state index in [9.17, 15) is 14.4 Å². The van der Waals surface area contributed by atoms with Gasteiger partial charge in [0.25, 0.3) is 17.7 Å². The average Bonchev–Trinajstić information content (AvgIpc) is 3.35. The van der Waals surface area contributed by atoms with E-state index >= 15 is 0 Å². The number of nitrogens with one attached hydrogen (secondary N) is 2. The molecule has 0 radical (unpaired) electrons. The number of rotatable bonds is 5. The van der Waals surface area contributed by atoms with Crippen molar-refractivity contribution in [1.82, 2.24) is 4.90 Å². The quantitative estimate of drug-likeness (QED) is 0.602. The van der Waals surface area contributed by atoms with E-state index < -0.39 is 0 Å². The van der Waals surface area contributed by atoms with Crippen LogP contribution in [0.15, 0.2) is 66.0 Å². The van der Waals surface area contributed by atoms with E-state index in [1.54, 1.807) is 54.6 Å². The number of anilines is 2. The second-order valence-corrected chi connectivity index (χ2v) is 8.34. The second-order valence-electron chi connectivity index (χ2n) is 7.40. The van der Waals surface area contributed by atoms with Crippen molar-refractivity contribution in [3.63, 3.8) is 0 Å². The van der Waals surface area contributed by atoms with Crippen molar-refractivity contribution in [2.75, 3.05) is 23.7 Å². The molecule has 1 aliphatic rings. The minimum Gasteiger partial charge on any atom is -0.339 e. The number of hydrogen-bond donors (Lipinski definition) is 2. The average molecular weight is 434 g/mol. The largest absolute Gasteiger partial charge is 0.339 e. The Kier molecular flexibility index (Phi) is 6.43. The Morgan fingerprint density at radius 3 is 2.19 bits per heavy atom. The number of benzene rings is 2. The Bertz CT molecular complexity index is 1070.